The number of carbonyl (C=O) groups is 2. The molecular weight excluding hydrogens is 400 g/mol. The minimum absolute atomic E-state index is 0.105. The smallest absolute Gasteiger partial charge is 0.228 e. The predicted molar refractivity (Wildman–Crippen MR) is 125 cm³/mol. The summed E-state index contributed by atoms with van der Waals surface area (Å²) in [6.07, 6.45) is 5.21. The first-order chi connectivity index (χ1) is 15.4. The lowest BCUT2D eigenvalue weighted by Crippen LogP contribution is -2.38. The van der Waals surface area contributed by atoms with Crippen molar-refractivity contribution in [1.82, 2.24) is 14.9 Å². The molecule has 0 bridgehead atoms. The monoisotopic (exact) mass is 434 g/mol. The van der Waals surface area contributed by atoms with E-state index in [1.165, 1.54) is 5.56 Å². The van der Waals surface area contributed by atoms with Gasteiger partial charge in [-0.05, 0) is 50.5 Å². The molecular formula is C26H34N4O2. The second kappa shape index (κ2) is 9.80. The number of fused-ring (bicyclic) bond motifs is 1. The zero-order chi connectivity index (χ0) is 22.7. The SMILES string of the molecule is Cc1nc(C2CCCN2C(=O)CCc2ccccc2)nc2c1CCC(=O)N2CCC(C)C. The minimum Gasteiger partial charge on any atom is -0.332 e. The molecule has 1 fully saturated rings. The fourth-order valence-electron chi connectivity index (χ4n) is 4.74. The van der Waals surface area contributed by atoms with Crippen molar-refractivity contribution in [3.63, 3.8) is 0 Å². The van der Waals surface area contributed by atoms with Gasteiger partial charge < -0.3 is 4.90 Å². The average molecular weight is 435 g/mol. The molecule has 0 spiro atoms. The summed E-state index contributed by atoms with van der Waals surface area (Å²) in [6.45, 7) is 7.78. The topological polar surface area (TPSA) is 66.4 Å². The second-order valence-corrected chi connectivity index (χ2v) is 9.43. The van der Waals surface area contributed by atoms with E-state index in [9.17, 15) is 9.59 Å². The van der Waals surface area contributed by atoms with Gasteiger partial charge in [-0.2, -0.15) is 0 Å². The first kappa shape index (κ1) is 22.4. The summed E-state index contributed by atoms with van der Waals surface area (Å²) in [5, 5.41) is 0. The fourth-order valence-corrected chi connectivity index (χ4v) is 4.74. The zero-order valence-corrected chi connectivity index (χ0v) is 19.5. The number of aryl methyl sites for hydroxylation is 2. The average Bonchev–Trinajstić information content (AvgIpc) is 3.27. The molecule has 2 aliphatic heterocycles. The summed E-state index contributed by atoms with van der Waals surface area (Å²) >= 11 is 0. The normalized spacial score (nSPS) is 18.4. The van der Waals surface area contributed by atoms with Gasteiger partial charge in [-0.15, -0.1) is 0 Å². The van der Waals surface area contributed by atoms with Gasteiger partial charge in [0.25, 0.3) is 0 Å². The first-order valence-corrected chi connectivity index (χ1v) is 11.9. The summed E-state index contributed by atoms with van der Waals surface area (Å²) in [7, 11) is 0. The molecule has 3 heterocycles. The Morgan fingerprint density at radius 1 is 1.16 bits per heavy atom. The van der Waals surface area contributed by atoms with Crippen LogP contribution in [0.3, 0.4) is 0 Å². The maximum absolute atomic E-state index is 13.1. The molecule has 170 valence electrons. The van der Waals surface area contributed by atoms with Crippen molar-refractivity contribution in [3.8, 4) is 0 Å². The maximum atomic E-state index is 13.1. The van der Waals surface area contributed by atoms with E-state index in [1.807, 2.05) is 34.9 Å². The molecule has 1 aromatic carbocycles. The van der Waals surface area contributed by atoms with E-state index >= 15 is 0 Å². The summed E-state index contributed by atoms with van der Waals surface area (Å²) in [6, 6.07) is 10.0. The van der Waals surface area contributed by atoms with E-state index < -0.39 is 0 Å². The number of hydrogen-bond donors (Lipinski definition) is 0. The highest BCUT2D eigenvalue weighted by molar-refractivity contribution is 5.95. The van der Waals surface area contributed by atoms with Crippen LogP contribution in [0.25, 0.3) is 0 Å². The Balaban J connectivity index is 1.55. The van der Waals surface area contributed by atoms with Crippen LogP contribution in [0.5, 0.6) is 0 Å². The van der Waals surface area contributed by atoms with Crippen LogP contribution in [0.4, 0.5) is 5.82 Å². The van der Waals surface area contributed by atoms with Crippen molar-refractivity contribution in [2.24, 2.45) is 5.92 Å². The third kappa shape index (κ3) is 4.84. The van der Waals surface area contributed by atoms with Crippen LogP contribution < -0.4 is 4.90 Å². The van der Waals surface area contributed by atoms with Gasteiger partial charge in [0.1, 0.15) is 5.82 Å². The number of likely N-dealkylation sites (tertiary alicyclic amines) is 1. The quantitative estimate of drug-likeness (QED) is 0.648. The van der Waals surface area contributed by atoms with Crippen LogP contribution in [0.1, 0.15) is 74.6 Å². The van der Waals surface area contributed by atoms with Crippen molar-refractivity contribution in [3.05, 3.63) is 53.0 Å². The Hall–Kier alpha value is -2.76. The minimum atomic E-state index is -0.105. The molecule has 6 heteroatoms. The van der Waals surface area contributed by atoms with Crippen molar-refractivity contribution >= 4 is 17.6 Å². The number of carbonyl (C=O) groups excluding carboxylic acids is 2. The van der Waals surface area contributed by atoms with Gasteiger partial charge in [0.05, 0.1) is 6.04 Å². The zero-order valence-electron chi connectivity index (χ0n) is 19.5. The molecule has 32 heavy (non-hydrogen) atoms. The highest BCUT2D eigenvalue weighted by Crippen LogP contribution is 2.35. The second-order valence-electron chi connectivity index (χ2n) is 9.43. The predicted octanol–water partition coefficient (Wildman–Crippen LogP) is 4.41. The Morgan fingerprint density at radius 2 is 1.94 bits per heavy atom. The molecule has 6 nitrogen and oxygen atoms in total. The van der Waals surface area contributed by atoms with Gasteiger partial charge in [0.2, 0.25) is 11.8 Å². The molecule has 1 saturated heterocycles. The van der Waals surface area contributed by atoms with Gasteiger partial charge in [-0.25, -0.2) is 9.97 Å². The summed E-state index contributed by atoms with van der Waals surface area (Å²) in [5.74, 6) is 2.28. The number of aromatic nitrogens is 2. The highest BCUT2D eigenvalue weighted by atomic mass is 16.2. The van der Waals surface area contributed by atoms with Crippen molar-refractivity contribution in [2.45, 2.75) is 71.8 Å². The Kier molecular flexibility index (Phi) is 6.87. The van der Waals surface area contributed by atoms with Gasteiger partial charge >= 0.3 is 0 Å². The van der Waals surface area contributed by atoms with Gasteiger partial charge in [-0.3, -0.25) is 14.5 Å². The van der Waals surface area contributed by atoms with Crippen LogP contribution in [0.15, 0.2) is 30.3 Å². The molecule has 2 amide bonds. The largest absolute Gasteiger partial charge is 0.332 e. The summed E-state index contributed by atoms with van der Waals surface area (Å²) < 4.78 is 0. The first-order valence-electron chi connectivity index (χ1n) is 11.9. The number of amides is 2. The number of hydrogen-bond acceptors (Lipinski definition) is 4. The van der Waals surface area contributed by atoms with E-state index in [1.54, 1.807) is 0 Å². The van der Waals surface area contributed by atoms with Gasteiger partial charge in [-0.1, -0.05) is 44.2 Å². The van der Waals surface area contributed by atoms with Gasteiger partial charge in [0, 0.05) is 37.2 Å². The number of anilines is 1. The molecule has 1 atom stereocenters. The van der Waals surface area contributed by atoms with E-state index in [4.69, 9.17) is 9.97 Å². The molecule has 2 aliphatic rings. The molecule has 0 saturated carbocycles. The van der Waals surface area contributed by atoms with Crippen molar-refractivity contribution < 1.29 is 9.59 Å². The molecule has 0 aliphatic carbocycles. The Labute approximate surface area is 191 Å². The van der Waals surface area contributed by atoms with E-state index in [2.05, 4.69) is 26.0 Å². The third-order valence-electron chi connectivity index (χ3n) is 6.63. The van der Waals surface area contributed by atoms with Crippen LogP contribution in [0.2, 0.25) is 0 Å². The Morgan fingerprint density at radius 3 is 2.69 bits per heavy atom. The molecule has 1 aromatic heterocycles. The summed E-state index contributed by atoms with van der Waals surface area (Å²) in [4.78, 5) is 39.3. The Bertz CT molecular complexity index is 973. The maximum Gasteiger partial charge on any atom is 0.228 e. The molecule has 2 aromatic rings. The van der Waals surface area contributed by atoms with E-state index in [0.29, 0.717) is 37.5 Å². The van der Waals surface area contributed by atoms with Crippen LogP contribution in [-0.2, 0) is 22.4 Å². The van der Waals surface area contributed by atoms with E-state index in [-0.39, 0.29) is 17.9 Å². The lowest BCUT2D eigenvalue weighted by atomic mass is 10.0. The van der Waals surface area contributed by atoms with Crippen molar-refractivity contribution in [2.75, 3.05) is 18.0 Å². The number of benzene rings is 1. The summed E-state index contributed by atoms with van der Waals surface area (Å²) in [5.41, 5.74) is 3.20. The molecule has 1 unspecified atom stereocenters. The van der Waals surface area contributed by atoms with Crippen LogP contribution in [0, 0.1) is 12.8 Å². The fraction of sp³-hybridized carbons (Fsp3) is 0.538. The van der Waals surface area contributed by atoms with Crippen LogP contribution >= 0.6 is 0 Å². The number of nitrogens with zero attached hydrogens (tertiary/aromatic N) is 4. The molecule has 4 rings (SSSR count). The third-order valence-corrected chi connectivity index (χ3v) is 6.63. The molecule has 0 radical (unpaired) electrons. The van der Waals surface area contributed by atoms with Crippen molar-refractivity contribution in [1.29, 1.82) is 0 Å². The van der Waals surface area contributed by atoms with Gasteiger partial charge in [0.15, 0.2) is 5.82 Å². The standard InChI is InChI=1S/C26H34N4O2/c1-18(2)15-17-30-24(32)14-12-21-19(3)27-25(28-26(21)30)22-10-7-16-29(22)23(31)13-11-20-8-5-4-6-9-20/h4-6,8-9,18,22H,7,10-17H2,1-3H3. The lowest BCUT2D eigenvalue weighted by molar-refractivity contribution is -0.132. The number of rotatable bonds is 7. The van der Waals surface area contributed by atoms with E-state index in [0.717, 1.165) is 49.3 Å². The lowest BCUT2D eigenvalue weighted by Gasteiger charge is -2.31. The van der Waals surface area contributed by atoms with Crippen LogP contribution in [-0.4, -0.2) is 39.8 Å². The highest BCUT2D eigenvalue weighted by Gasteiger charge is 2.34. The molecule has 0 N–H and O–H groups in total.